The Morgan fingerprint density at radius 2 is 1.58 bits per heavy atom. The second-order valence-electron chi connectivity index (χ2n) is 14.5. The van der Waals surface area contributed by atoms with E-state index in [4.69, 9.17) is 14.3 Å². The summed E-state index contributed by atoms with van der Waals surface area (Å²) < 4.78 is 12.4. The van der Waals surface area contributed by atoms with Crippen molar-refractivity contribution in [3.05, 3.63) is 40.3 Å². The molecule has 4 aliphatic rings. The highest BCUT2D eigenvalue weighted by Gasteiger charge is 2.45. The topological polar surface area (TPSA) is 112 Å². The molecule has 2 aromatic rings. The summed E-state index contributed by atoms with van der Waals surface area (Å²) in [4.78, 5) is 52.5. The van der Waals surface area contributed by atoms with Crippen LogP contribution in [-0.4, -0.2) is 69.0 Å². The Morgan fingerprint density at radius 1 is 0.911 bits per heavy atom. The maximum absolute atomic E-state index is 14.4. The molecule has 6 rings (SSSR count). The van der Waals surface area contributed by atoms with Crippen molar-refractivity contribution in [3.63, 3.8) is 0 Å². The van der Waals surface area contributed by atoms with Gasteiger partial charge in [-0.15, -0.1) is 0 Å². The molecule has 2 saturated carbocycles. The molecule has 244 valence electrons. The zero-order valence-electron chi connectivity index (χ0n) is 27.2. The lowest BCUT2D eigenvalue weighted by Crippen LogP contribution is -2.58. The molecule has 10 heteroatoms. The number of fused-ring (bicyclic) bond motifs is 5. The molecule has 3 heterocycles. The van der Waals surface area contributed by atoms with Crippen LogP contribution in [0.5, 0.6) is 0 Å². The number of benzene rings is 1. The summed E-state index contributed by atoms with van der Waals surface area (Å²) >= 11 is 0. The SMILES string of the molecule is CCOC(=O)/C(=N\OCC(=O)OC(C)(C)C)c1nc2ccccc2n(C2C[C@H]3CCC[C@@H](C2)N3C2CC3CCCC(C3)C2)c1=O. The van der Waals surface area contributed by atoms with Crippen molar-refractivity contribution >= 4 is 28.7 Å². The van der Waals surface area contributed by atoms with E-state index in [0.717, 1.165) is 43.0 Å². The third-order valence-corrected chi connectivity index (χ3v) is 10.1. The first kappa shape index (κ1) is 31.7. The normalized spacial score (nSPS) is 28.8. The van der Waals surface area contributed by atoms with Gasteiger partial charge in [-0.1, -0.05) is 43.0 Å². The molecule has 10 nitrogen and oxygen atoms in total. The molecule has 4 fully saturated rings. The number of para-hydroxylation sites is 2. The lowest BCUT2D eigenvalue weighted by atomic mass is 9.68. The summed E-state index contributed by atoms with van der Waals surface area (Å²) in [7, 11) is 0. The van der Waals surface area contributed by atoms with E-state index in [1.54, 1.807) is 27.7 Å². The van der Waals surface area contributed by atoms with Crippen LogP contribution in [0.2, 0.25) is 0 Å². The zero-order chi connectivity index (χ0) is 31.7. The van der Waals surface area contributed by atoms with Crippen LogP contribution in [0.1, 0.15) is 110 Å². The quantitative estimate of drug-likeness (QED) is 0.215. The number of nitrogens with zero attached hydrogens (tertiary/aromatic N) is 4. The van der Waals surface area contributed by atoms with Crippen LogP contribution in [0.3, 0.4) is 0 Å². The molecule has 45 heavy (non-hydrogen) atoms. The van der Waals surface area contributed by atoms with Gasteiger partial charge in [0, 0.05) is 24.2 Å². The summed E-state index contributed by atoms with van der Waals surface area (Å²) in [5.74, 6) is 0.266. The van der Waals surface area contributed by atoms with Crippen LogP contribution in [0.4, 0.5) is 0 Å². The lowest BCUT2D eigenvalue weighted by molar-refractivity contribution is -0.160. The highest BCUT2D eigenvalue weighted by atomic mass is 16.7. The summed E-state index contributed by atoms with van der Waals surface area (Å²) in [5, 5.41) is 3.95. The monoisotopic (exact) mass is 620 g/mol. The summed E-state index contributed by atoms with van der Waals surface area (Å²) in [6.07, 6.45) is 13.5. The van der Waals surface area contributed by atoms with E-state index >= 15 is 0 Å². The number of oxime groups is 1. The fraction of sp³-hybridized carbons (Fsp3) is 0.686. The standard InChI is InChI=1S/C35H48N4O6/c1-5-43-34(42)32(37-44-21-30(40)45-35(2,3)4)31-33(41)39(29-15-7-6-14-28(29)36-31)27-19-24-12-9-13-25(20-27)38(24)26-17-22-10-8-11-23(16-22)18-26/h6-7,14-15,22-27H,5,8-13,16-21H2,1-4H3/b37-32-/t22?,23?,24-,25+,26?,27?. The summed E-state index contributed by atoms with van der Waals surface area (Å²) in [5.41, 5.74) is -0.256. The van der Waals surface area contributed by atoms with E-state index in [1.165, 1.54) is 44.9 Å². The fourth-order valence-corrected chi connectivity index (χ4v) is 8.70. The van der Waals surface area contributed by atoms with Gasteiger partial charge in [-0.3, -0.25) is 9.69 Å². The Hall–Kier alpha value is -3.27. The molecular formula is C35H48N4O6. The number of ether oxygens (including phenoxy) is 2. The predicted octanol–water partition coefficient (Wildman–Crippen LogP) is 5.55. The number of aromatic nitrogens is 2. The Balaban J connectivity index is 1.32. The van der Waals surface area contributed by atoms with Crippen LogP contribution in [-0.2, 0) is 23.9 Å². The van der Waals surface area contributed by atoms with Gasteiger partial charge < -0.3 is 18.9 Å². The van der Waals surface area contributed by atoms with Crippen molar-refractivity contribution in [1.29, 1.82) is 0 Å². The third-order valence-electron chi connectivity index (χ3n) is 10.1. The van der Waals surface area contributed by atoms with Gasteiger partial charge in [0.05, 0.1) is 17.6 Å². The van der Waals surface area contributed by atoms with Crippen LogP contribution in [0.25, 0.3) is 11.0 Å². The molecule has 2 aliphatic carbocycles. The smallest absolute Gasteiger partial charge is 0.362 e. The molecule has 0 amide bonds. The van der Waals surface area contributed by atoms with E-state index in [0.29, 0.717) is 23.6 Å². The molecule has 1 aromatic carbocycles. The predicted molar refractivity (Wildman–Crippen MR) is 171 cm³/mol. The van der Waals surface area contributed by atoms with Gasteiger partial charge in [0.15, 0.2) is 5.69 Å². The number of carbonyl (C=O) groups excluding carboxylic acids is 2. The van der Waals surface area contributed by atoms with Crippen molar-refractivity contribution < 1.29 is 23.9 Å². The van der Waals surface area contributed by atoms with E-state index in [-0.39, 0.29) is 24.1 Å². The second-order valence-corrected chi connectivity index (χ2v) is 14.5. The molecule has 5 atom stereocenters. The van der Waals surface area contributed by atoms with Crippen LogP contribution in [0, 0.1) is 11.8 Å². The maximum Gasteiger partial charge on any atom is 0.362 e. The van der Waals surface area contributed by atoms with E-state index in [2.05, 4.69) is 15.0 Å². The molecule has 2 saturated heterocycles. The first-order valence-corrected chi connectivity index (χ1v) is 17.0. The Morgan fingerprint density at radius 3 is 2.24 bits per heavy atom. The average molecular weight is 621 g/mol. The Bertz CT molecular complexity index is 1470. The fourth-order valence-electron chi connectivity index (χ4n) is 8.70. The van der Waals surface area contributed by atoms with Crippen molar-refractivity contribution in [3.8, 4) is 0 Å². The number of rotatable bonds is 8. The van der Waals surface area contributed by atoms with Gasteiger partial charge in [0.25, 0.3) is 5.56 Å². The molecular weight excluding hydrogens is 572 g/mol. The molecule has 0 N–H and O–H groups in total. The van der Waals surface area contributed by atoms with Crippen LogP contribution < -0.4 is 5.56 Å². The minimum absolute atomic E-state index is 0.0371. The molecule has 1 aromatic heterocycles. The number of hydrogen-bond acceptors (Lipinski definition) is 9. The third kappa shape index (κ3) is 6.95. The molecule has 0 spiro atoms. The molecule has 4 bridgehead atoms. The molecule has 3 unspecified atom stereocenters. The molecule has 0 radical (unpaired) electrons. The Kier molecular flexibility index (Phi) is 9.32. The summed E-state index contributed by atoms with van der Waals surface area (Å²) in [6.45, 7) is 6.48. The van der Waals surface area contributed by atoms with Crippen molar-refractivity contribution in [2.75, 3.05) is 13.2 Å². The van der Waals surface area contributed by atoms with Crippen molar-refractivity contribution in [2.24, 2.45) is 17.0 Å². The van der Waals surface area contributed by atoms with Gasteiger partial charge in [0.1, 0.15) is 5.60 Å². The van der Waals surface area contributed by atoms with Crippen LogP contribution in [0.15, 0.2) is 34.2 Å². The number of esters is 2. The number of hydrogen-bond donors (Lipinski definition) is 0. The maximum atomic E-state index is 14.4. The minimum Gasteiger partial charge on any atom is -0.461 e. The van der Waals surface area contributed by atoms with Crippen molar-refractivity contribution in [2.45, 2.75) is 128 Å². The largest absolute Gasteiger partial charge is 0.461 e. The first-order chi connectivity index (χ1) is 21.6. The van der Waals surface area contributed by atoms with E-state index in [1.807, 2.05) is 28.8 Å². The van der Waals surface area contributed by atoms with Gasteiger partial charge >= 0.3 is 11.9 Å². The van der Waals surface area contributed by atoms with Crippen LogP contribution >= 0.6 is 0 Å². The minimum atomic E-state index is -0.831. The van der Waals surface area contributed by atoms with Gasteiger partial charge in [-0.25, -0.2) is 14.6 Å². The first-order valence-electron chi connectivity index (χ1n) is 17.0. The summed E-state index contributed by atoms with van der Waals surface area (Å²) in [6, 6.07) is 9.04. The lowest BCUT2D eigenvalue weighted by Gasteiger charge is -2.55. The van der Waals surface area contributed by atoms with E-state index < -0.39 is 29.7 Å². The number of piperidine rings is 2. The highest BCUT2D eigenvalue weighted by molar-refractivity contribution is 6.42. The Labute approximate surface area is 265 Å². The highest BCUT2D eigenvalue weighted by Crippen LogP contribution is 2.47. The zero-order valence-corrected chi connectivity index (χ0v) is 27.2. The van der Waals surface area contributed by atoms with Crippen molar-refractivity contribution in [1.82, 2.24) is 14.5 Å². The molecule has 2 aliphatic heterocycles. The van der Waals surface area contributed by atoms with E-state index in [9.17, 15) is 14.4 Å². The number of carbonyl (C=O) groups is 2. The van der Waals surface area contributed by atoms with Gasteiger partial charge in [-0.2, -0.15) is 0 Å². The average Bonchev–Trinajstić information content (AvgIpc) is 2.97. The van der Waals surface area contributed by atoms with Gasteiger partial charge in [-0.05, 0) is 96.6 Å². The van der Waals surface area contributed by atoms with Gasteiger partial charge in [0.2, 0.25) is 12.3 Å². The second kappa shape index (κ2) is 13.2.